The number of hydrogen-bond donors (Lipinski definition) is 0. The zero-order valence-corrected chi connectivity index (χ0v) is 14.0. The zero-order valence-electron chi connectivity index (χ0n) is 11.8. The van der Waals surface area contributed by atoms with Gasteiger partial charge in [-0.25, -0.2) is 4.79 Å². The highest BCUT2D eigenvalue weighted by atomic mass is 127. The Morgan fingerprint density at radius 2 is 1.91 bits per heavy atom. The fourth-order valence-electron chi connectivity index (χ4n) is 1.78. The van der Waals surface area contributed by atoms with Crippen molar-refractivity contribution in [2.45, 2.75) is 0 Å². The Kier molecular flexibility index (Phi) is 5.27. The lowest BCUT2D eigenvalue weighted by molar-refractivity contribution is -0.384. The average Bonchev–Trinajstić information content (AvgIpc) is 2.56. The largest absolute Gasteiger partial charge is 0.493 e. The molecule has 0 aliphatic rings. The molecule has 2 rings (SSSR count). The number of ether oxygens (including phenoxy) is 2. The fourth-order valence-corrected chi connectivity index (χ4v) is 2.51. The molecular formula is C15H10INO6. The first kappa shape index (κ1) is 16.9. The van der Waals surface area contributed by atoms with Crippen LogP contribution in [-0.4, -0.2) is 24.3 Å². The van der Waals surface area contributed by atoms with Gasteiger partial charge < -0.3 is 9.47 Å². The second kappa shape index (κ2) is 7.18. The van der Waals surface area contributed by atoms with E-state index in [4.69, 9.17) is 9.47 Å². The Morgan fingerprint density at radius 3 is 2.43 bits per heavy atom. The quantitative estimate of drug-likeness (QED) is 0.182. The van der Waals surface area contributed by atoms with Crippen molar-refractivity contribution < 1.29 is 24.0 Å². The predicted molar refractivity (Wildman–Crippen MR) is 89.2 cm³/mol. The number of benzene rings is 2. The summed E-state index contributed by atoms with van der Waals surface area (Å²) in [5.41, 5.74) is 0.429. The van der Waals surface area contributed by atoms with Crippen molar-refractivity contribution in [3.8, 4) is 11.5 Å². The normalized spacial score (nSPS) is 10.0. The number of esters is 1. The van der Waals surface area contributed by atoms with Crippen molar-refractivity contribution >= 4 is 40.5 Å². The van der Waals surface area contributed by atoms with E-state index < -0.39 is 10.9 Å². The number of aldehydes is 1. The van der Waals surface area contributed by atoms with Crippen LogP contribution >= 0.6 is 22.6 Å². The standard InChI is InChI=1S/C15H10INO6/c1-22-13-7-9(8-18)6-12(16)14(13)23-15(19)10-2-4-11(5-3-10)17(20)21/h2-8H,1H3. The van der Waals surface area contributed by atoms with Gasteiger partial charge in [0.2, 0.25) is 0 Å². The molecule has 7 nitrogen and oxygen atoms in total. The van der Waals surface area contributed by atoms with Crippen molar-refractivity contribution in [2.75, 3.05) is 7.11 Å². The van der Waals surface area contributed by atoms with Crippen molar-refractivity contribution in [1.29, 1.82) is 0 Å². The van der Waals surface area contributed by atoms with E-state index >= 15 is 0 Å². The molecule has 0 heterocycles. The molecule has 2 aromatic rings. The molecule has 23 heavy (non-hydrogen) atoms. The Morgan fingerprint density at radius 1 is 1.26 bits per heavy atom. The van der Waals surface area contributed by atoms with Crippen LogP contribution in [0.1, 0.15) is 20.7 Å². The number of methoxy groups -OCH3 is 1. The van der Waals surface area contributed by atoms with Crippen LogP contribution in [0, 0.1) is 13.7 Å². The lowest BCUT2D eigenvalue weighted by Gasteiger charge is -2.11. The number of hydrogen-bond acceptors (Lipinski definition) is 6. The van der Waals surface area contributed by atoms with E-state index in [9.17, 15) is 19.7 Å². The van der Waals surface area contributed by atoms with Crippen molar-refractivity contribution in [3.63, 3.8) is 0 Å². The molecule has 0 aliphatic heterocycles. The summed E-state index contributed by atoms with van der Waals surface area (Å²) < 4.78 is 10.9. The number of non-ortho nitro benzene ring substituents is 1. The summed E-state index contributed by atoms with van der Waals surface area (Å²) in [6.07, 6.45) is 0.659. The molecule has 0 radical (unpaired) electrons. The molecule has 0 atom stereocenters. The first-order chi connectivity index (χ1) is 11.0. The van der Waals surface area contributed by atoms with Gasteiger partial charge in [0.05, 0.1) is 21.2 Å². The summed E-state index contributed by atoms with van der Waals surface area (Å²) in [6, 6.07) is 8.05. The predicted octanol–water partition coefficient (Wildman–Crippen LogP) is 3.24. The fraction of sp³-hybridized carbons (Fsp3) is 0.0667. The summed E-state index contributed by atoms with van der Waals surface area (Å²) in [7, 11) is 1.39. The van der Waals surface area contributed by atoms with Gasteiger partial charge in [0.1, 0.15) is 6.29 Å². The van der Waals surface area contributed by atoms with Gasteiger partial charge in [-0.1, -0.05) is 0 Å². The molecule has 0 N–H and O–H groups in total. The number of nitrogens with zero attached hydrogens (tertiary/aromatic N) is 1. The number of rotatable bonds is 5. The summed E-state index contributed by atoms with van der Waals surface area (Å²) in [5.74, 6) is -0.258. The van der Waals surface area contributed by atoms with Crippen LogP contribution in [0.15, 0.2) is 36.4 Å². The van der Waals surface area contributed by atoms with Crippen LogP contribution in [0.4, 0.5) is 5.69 Å². The minimum Gasteiger partial charge on any atom is -0.493 e. The molecule has 0 saturated heterocycles. The van der Waals surface area contributed by atoms with Gasteiger partial charge in [0.15, 0.2) is 11.5 Å². The highest BCUT2D eigenvalue weighted by molar-refractivity contribution is 14.1. The Bertz CT molecular complexity index is 772. The topological polar surface area (TPSA) is 95.7 Å². The molecule has 0 saturated carbocycles. The Balaban J connectivity index is 2.29. The maximum atomic E-state index is 12.1. The van der Waals surface area contributed by atoms with E-state index in [1.165, 1.54) is 37.4 Å². The zero-order chi connectivity index (χ0) is 17.0. The van der Waals surface area contributed by atoms with Gasteiger partial charge in [-0.05, 0) is 46.9 Å². The second-order valence-electron chi connectivity index (χ2n) is 4.35. The van der Waals surface area contributed by atoms with Gasteiger partial charge in [0, 0.05) is 17.7 Å². The van der Waals surface area contributed by atoms with E-state index in [1.807, 2.05) is 22.6 Å². The van der Waals surface area contributed by atoms with Crippen molar-refractivity contribution in [1.82, 2.24) is 0 Å². The van der Waals surface area contributed by atoms with Gasteiger partial charge in [-0.15, -0.1) is 0 Å². The van der Waals surface area contributed by atoms with Crippen molar-refractivity contribution in [2.24, 2.45) is 0 Å². The third kappa shape index (κ3) is 3.83. The van der Waals surface area contributed by atoms with E-state index in [0.29, 0.717) is 15.4 Å². The van der Waals surface area contributed by atoms with Crippen LogP contribution in [0.3, 0.4) is 0 Å². The monoisotopic (exact) mass is 427 g/mol. The first-order valence-corrected chi connectivity index (χ1v) is 7.33. The van der Waals surface area contributed by atoms with Gasteiger partial charge in [-0.3, -0.25) is 14.9 Å². The molecule has 0 amide bonds. The summed E-state index contributed by atoms with van der Waals surface area (Å²) in [6.45, 7) is 0. The van der Waals surface area contributed by atoms with E-state index in [1.54, 1.807) is 6.07 Å². The lowest BCUT2D eigenvalue weighted by Crippen LogP contribution is -2.10. The third-order valence-corrected chi connectivity index (χ3v) is 3.70. The number of carbonyl (C=O) groups is 2. The highest BCUT2D eigenvalue weighted by Crippen LogP contribution is 2.34. The maximum absolute atomic E-state index is 12.1. The molecule has 0 bridgehead atoms. The summed E-state index contributed by atoms with van der Waals surface area (Å²) in [5, 5.41) is 10.6. The first-order valence-electron chi connectivity index (χ1n) is 6.25. The summed E-state index contributed by atoms with van der Waals surface area (Å²) in [4.78, 5) is 33.0. The van der Waals surface area contributed by atoms with Crippen LogP contribution in [0.25, 0.3) is 0 Å². The van der Waals surface area contributed by atoms with E-state index in [2.05, 4.69) is 0 Å². The van der Waals surface area contributed by atoms with Crippen LogP contribution < -0.4 is 9.47 Å². The molecule has 118 valence electrons. The molecule has 8 heteroatoms. The van der Waals surface area contributed by atoms with Crippen LogP contribution in [-0.2, 0) is 0 Å². The molecule has 0 fully saturated rings. The van der Waals surface area contributed by atoms with Gasteiger partial charge >= 0.3 is 5.97 Å². The molecule has 2 aromatic carbocycles. The molecule has 0 aromatic heterocycles. The second-order valence-corrected chi connectivity index (χ2v) is 5.51. The number of nitro benzene ring substituents is 1. The number of carbonyl (C=O) groups excluding carboxylic acids is 2. The molecule has 0 aliphatic carbocycles. The number of halogens is 1. The van der Waals surface area contributed by atoms with Crippen LogP contribution in [0.2, 0.25) is 0 Å². The maximum Gasteiger partial charge on any atom is 0.343 e. The molecule has 0 unspecified atom stereocenters. The minimum absolute atomic E-state index is 0.121. The van der Waals surface area contributed by atoms with E-state index in [0.717, 1.165) is 0 Å². The van der Waals surface area contributed by atoms with Crippen molar-refractivity contribution in [3.05, 3.63) is 61.2 Å². The summed E-state index contributed by atoms with van der Waals surface area (Å²) >= 11 is 1.92. The minimum atomic E-state index is -0.685. The Labute approximate surface area is 144 Å². The molecular weight excluding hydrogens is 417 g/mol. The SMILES string of the molecule is COc1cc(C=O)cc(I)c1OC(=O)c1ccc([N+](=O)[O-])cc1. The van der Waals surface area contributed by atoms with Gasteiger partial charge in [0.25, 0.3) is 5.69 Å². The molecule has 0 spiro atoms. The van der Waals surface area contributed by atoms with E-state index in [-0.39, 0.29) is 22.7 Å². The number of nitro groups is 1. The third-order valence-electron chi connectivity index (χ3n) is 2.90. The van der Waals surface area contributed by atoms with Gasteiger partial charge in [-0.2, -0.15) is 0 Å². The van der Waals surface area contributed by atoms with Crippen LogP contribution in [0.5, 0.6) is 11.5 Å². The average molecular weight is 427 g/mol. The highest BCUT2D eigenvalue weighted by Gasteiger charge is 2.17. The Hall–Kier alpha value is -2.49. The smallest absolute Gasteiger partial charge is 0.343 e. The lowest BCUT2D eigenvalue weighted by atomic mass is 10.2.